The van der Waals surface area contributed by atoms with Crippen LogP contribution in [0.2, 0.25) is 0 Å². The van der Waals surface area contributed by atoms with E-state index >= 15 is 0 Å². The van der Waals surface area contributed by atoms with Crippen molar-refractivity contribution in [3.8, 4) is 5.75 Å². The normalized spacial score (nSPS) is 25.0. The molecule has 138 valence electrons. The molecule has 1 aromatic carbocycles. The third-order valence-corrected chi connectivity index (χ3v) is 6.33. The summed E-state index contributed by atoms with van der Waals surface area (Å²) in [4.78, 5) is 12.5. The maximum absolute atomic E-state index is 12.5. The number of fused-ring (bicyclic) bond motifs is 2. The molecular formula is C18H26N2O4S. The highest BCUT2D eigenvalue weighted by Crippen LogP contribution is 2.44. The molecule has 3 rings (SSSR count). The van der Waals surface area contributed by atoms with E-state index in [0.29, 0.717) is 24.0 Å². The van der Waals surface area contributed by atoms with Crippen molar-refractivity contribution in [2.75, 3.05) is 23.7 Å². The van der Waals surface area contributed by atoms with Gasteiger partial charge in [0.1, 0.15) is 12.3 Å². The molecule has 1 N–H and O–H groups in total. The van der Waals surface area contributed by atoms with Gasteiger partial charge in [0.2, 0.25) is 15.9 Å². The summed E-state index contributed by atoms with van der Waals surface area (Å²) < 4.78 is 31.0. The Bertz CT molecular complexity index is 734. The summed E-state index contributed by atoms with van der Waals surface area (Å²) in [5, 5.41) is 3.05. The fourth-order valence-corrected chi connectivity index (χ4v) is 4.95. The van der Waals surface area contributed by atoms with Crippen LogP contribution in [-0.4, -0.2) is 39.8 Å². The van der Waals surface area contributed by atoms with Crippen molar-refractivity contribution >= 4 is 21.6 Å². The third-order valence-electron chi connectivity index (χ3n) is 5.19. The summed E-state index contributed by atoms with van der Waals surface area (Å²) in [6.45, 7) is 2.15. The molecule has 3 atom stereocenters. The molecule has 0 heterocycles. The second kappa shape index (κ2) is 7.23. The second-order valence-electron chi connectivity index (χ2n) is 7.05. The average molecular weight is 366 g/mol. The molecule has 0 spiro atoms. The number of ether oxygens (including phenoxy) is 1. The molecule has 1 aromatic rings. The zero-order chi connectivity index (χ0) is 18.0. The van der Waals surface area contributed by atoms with Crippen molar-refractivity contribution in [3.63, 3.8) is 0 Å². The van der Waals surface area contributed by atoms with E-state index in [-0.39, 0.29) is 18.5 Å². The number of carbonyl (C=O) groups is 1. The van der Waals surface area contributed by atoms with Crippen LogP contribution in [-0.2, 0) is 14.8 Å². The molecule has 1 amide bonds. The van der Waals surface area contributed by atoms with Crippen LogP contribution in [0.5, 0.6) is 5.75 Å². The number of carbonyl (C=O) groups excluding carboxylic acids is 1. The SMILES string of the molecule is CCOc1cccc(N(CC(=O)NC2CC3CCC2C3)S(C)(=O)=O)c1. The Balaban J connectivity index is 1.71. The zero-order valence-corrected chi connectivity index (χ0v) is 15.6. The minimum atomic E-state index is -3.57. The molecule has 0 radical (unpaired) electrons. The summed E-state index contributed by atoms with van der Waals surface area (Å²) in [5.41, 5.74) is 0.441. The van der Waals surface area contributed by atoms with Crippen LogP contribution in [0.4, 0.5) is 5.69 Å². The molecule has 6 nitrogen and oxygen atoms in total. The molecular weight excluding hydrogens is 340 g/mol. The second-order valence-corrected chi connectivity index (χ2v) is 8.96. The fourth-order valence-electron chi connectivity index (χ4n) is 4.10. The van der Waals surface area contributed by atoms with Gasteiger partial charge in [-0.3, -0.25) is 9.10 Å². The predicted octanol–water partition coefficient (Wildman–Crippen LogP) is 2.16. The Hall–Kier alpha value is -1.76. The van der Waals surface area contributed by atoms with E-state index in [1.165, 1.54) is 19.3 Å². The van der Waals surface area contributed by atoms with Gasteiger partial charge in [0.15, 0.2) is 0 Å². The lowest BCUT2D eigenvalue weighted by atomic mass is 9.95. The molecule has 2 saturated carbocycles. The molecule has 0 aliphatic heterocycles. The lowest BCUT2D eigenvalue weighted by Gasteiger charge is -2.26. The van der Waals surface area contributed by atoms with Crippen molar-refractivity contribution < 1.29 is 17.9 Å². The van der Waals surface area contributed by atoms with E-state index in [9.17, 15) is 13.2 Å². The molecule has 3 unspecified atom stereocenters. The fraction of sp³-hybridized carbons (Fsp3) is 0.611. The first-order valence-corrected chi connectivity index (χ1v) is 10.7. The van der Waals surface area contributed by atoms with Crippen LogP contribution < -0.4 is 14.4 Å². The monoisotopic (exact) mass is 366 g/mol. The van der Waals surface area contributed by atoms with Crippen molar-refractivity contribution in [3.05, 3.63) is 24.3 Å². The van der Waals surface area contributed by atoms with Gasteiger partial charge in [0, 0.05) is 12.1 Å². The van der Waals surface area contributed by atoms with Gasteiger partial charge in [-0.05, 0) is 50.2 Å². The van der Waals surface area contributed by atoms with Crippen LogP contribution in [0.3, 0.4) is 0 Å². The maximum atomic E-state index is 12.5. The van der Waals surface area contributed by atoms with Crippen LogP contribution in [0.15, 0.2) is 24.3 Å². The first kappa shape index (κ1) is 18.0. The van der Waals surface area contributed by atoms with E-state index in [1.54, 1.807) is 24.3 Å². The molecule has 0 saturated heterocycles. The number of rotatable bonds is 7. The van der Waals surface area contributed by atoms with Crippen LogP contribution in [0.25, 0.3) is 0 Å². The van der Waals surface area contributed by atoms with Gasteiger partial charge >= 0.3 is 0 Å². The first-order chi connectivity index (χ1) is 11.9. The van der Waals surface area contributed by atoms with Crippen molar-refractivity contribution in [2.24, 2.45) is 11.8 Å². The average Bonchev–Trinajstić information content (AvgIpc) is 3.15. The Labute approximate surface area is 149 Å². The molecule has 25 heavy (non-hydrogen) atoms. The molecule has 0 aromatic heterocycles. The van der Waals surface area contributed by atoms with E-state index in [2.05, 4.69) is 5.32 Å². The van der Waals surface area contributed by atoms with Crippen molar-refractivity contribution in [1.82, 2.24) is 5.32 Å². The van der Waals surface area contributed by atoms with E-state index in [0.717, 1.165) is 22.9 Å². The van der Waals surface area contributed by atoms with Crippen molar-refractivity contribution in [2.45, 2.75) is 38.6 Å². The van der Waals surface area contributed by atoms with E-state index in [4.69, 9.17) is 4.74 Å². The Morgan fingerprint density at radius 3 is 2.72 bits per heavy atom. The van der Waals surface area contributed by atoms with Crippen LogP contribution in [0, 0.1) is 11.8 Å². The molecule has 2 bridgehead atoms. The lowest BCUT2D eigenvalue weighted by molar-refractivity contribution is -0.120. The Morgan fingerprint density at radius 1 is 1.32 bits per heavy atom. The number of hydrogen-bond acceptors (Lipinski definition) is 4. The van der Waals surface area contributed by atoms with Gasteiger partial charge in [-0.1, -0.05) is 12.5 Å². The van der Waals surface area contributed by atoms with Gasteiger partial charge in [-0.15, -0.1) is 0 Å². The smallest absolute Gasteiger partial charge is 0.241 e. The van der Waals surface area contributed by atoms with Crippen LogP contribution in [0.1, 0.15) is 32.6 Å². The minimum Gasteiger partial charge on any atom is -0.494 e. The quantitative estimate of drug-likeness (QED) is 0.802. The maximum Gasteiger partial charge on any atom is 0.241 e. The topological polar surface area (TPSA) is 75.7 Å². The summed E-state index contributed by atoms with van der Waals surface area (Å²) in [6.07, 6.45) is 5.76. The largest absolute Gasteiger partial charge is 0.494 e. The van der Waals surface area contributed by atoms with Gasteiger partial charge in [-0.2, -0.15) is 0 Å². The highest BCUT2D eigenvalue weighted by atomic mass is 32.2. The van der Waals surface area contributed by atoms with Gasteiger partial charge in [0.25, 0.3) is 0 Å². The Morgan fingerprint density at radius 2 is 2.12 bits per heavy atom. The molecule has 7 heteroatoms. The van der Waals surface area contributed by atoms with Crippen molar-refractivity contribution in [1.29, 1.82) is 0 Å². The number of nitrogens with one attached hydrogen (secondary N) is 1. The third kappa shape index (κ3) is 4.26. The number of nitrogens with zero attached hydrogens (tertiary/aromatic N) is 1. The van der Waals surface area contributed by atoms with Gasteiger partial charge < -0.3 is 10.1 Å². The number of sulfonamides is 1. The predicted molar refractivity (Wildman–Crippen MR) is 97.2 cm³/mol. The standard InChI is InChI=1S/C18H26N2O4S/c1-3-24-16-6-4-5-15(11-16)20(25(2,22)23)12-18(21)19-17-10-13-7-8-14(17)9-13/h4-6,11,13-14,17H,3,7-10,12H2,1-2H3,(H,19,21). The summed E-state index contributed by atoms with van der Waals surface area (Å²) >= 11 is 0. The number of hydrogen-bond donors (Lipinski definition) is 1. The molecule has 2 aliphatic rings. The Kier molecular flexibility index (Phi) is 5.22. The number of anilines is 1. The number of benzene rings is 1. The minimum absolute atomic E-state index is 0.197. The van der Waals surface area contributed by atoms with Crippen LogP contribution >= 0.6 is 0 Å². The zero-order valence-electron chi connectivity index (χ0n) is 14.8. The van der Waals surface area contributed by atoms with Gasteiger partial charge in [0.05, 0.1) is 18.6 Å². The summed E-state index contributed by atoms with van der Waals surface area (Å²) in [5.74, 6) is 1.62. The summed E-state index contributed by atoms with van der Waals surface area (Å²) in [6, 6.07) is 7.02. The van der Waals surface area contributed by atoms with Gasteiger partial charge in [-0.25, -0.2) is 8.42 Å². The van der Waals surface area contributed by atoms with E-state index < -0.39 is 10.0 Å². The highest BCUT2D eigenvalue weighted by Gasteiger charge is 2.40. The molecule has 2 aliphatic carbocycles. The highest BCUT2D eigenvalue weighted by molar-refractivity contribution is 7.92. The first-order valence-electron chi connectivity index (χ1n) is 8.86. The van der Waals surface area contributed by atoms with E-state index in [1.807, 2.05) is 6.92 Å². The summed E-state index contributed by atoms with van der Waals surface area (Å²) in [7, 11) is -3.57. The lowest BCUT2D eigenvalue weighted by Crippen LogP contribution is -2.45. The number of amides is 1. The molecule has 2 fully saturated rings.